The molecule has 1 aromatic rings. The predicted molar refractivity (Wildman–Crippen MR) is 74.7 cm³/mol. The molecule has 0 atom stereocenters. The Morgan fingerprint density at radius 3 is 2.28 bits per heavy atom. The van der Waals surface area contributed by atoms with E-state index in [1.165, 1.54) is 12.7 Å². The minimum absolute atomic E-state index is 0.270. The number of hydrogen-bond donors (Lipinski definition) is 1. The topological polar surface area (TPSA) is 38.3 Å². The van der Waals surface area contributed by atoms with Crippen molar-refractivity contribution in [3.05, 3.63) is 29.8 Å². The summed E-state index contributed by atoms with van der Waals surface area (Å²) in [5.41, 5.74) is 1.53. The molecule has 0 radical (unpaired) electrons. The second-order valence-electron chi connectivity index (χ2n) is 5.54. The minimum atomic E-state index is -0.714. The predicted octanol–water partition coefficient (Wildman–Crippen LogP) is 3.25. The van der Waals surface area contributed by atoms with Crippen molar-refractivity contribution >= 4 is 11.7 Å². The standard InChI is InChI=1S/C15H23NO2/c1-11(2)10-12-6-8-13(9-7-12)16-15(3,4)14(17)18-5/h6-9,11,16H,10H2,1-5H3. The fourth-order valence-electron chi connectivity index (χ4n) is 1.86. The maximum atomic E-state index is 11.6. The molecule has 0 spiro atoms. The highest BCUT2D eigenvalue weighted by atomic mass is 16.5. The van der Waals surface area contributed by atoms with Gasteiger partial charge in [-0.25, -0.2) is 4.79 Å². The highest BCUT2D eigenvalue weighted by molar-refractivity contribution is 5.83. The Kier molecular flexibility index (Phi) is 4.76. The summed E-state index contributed by atoms with van der Waals surface area (Å²) < 4.78 is 4.76. The molecule has 3 nitrogen and oxygen atoms in total. The summed E-state index contributed by atoms with van der Waals surface area (Å²) in [7, 11) is 1.40. The molecular formula is C15H23NO2. The number of anilines is 1. The average molecular weight is 249 g/mol. The van der Waals surface area contributed by atoms with E-state index in [0.717, 1.165) is 12.1 Å². The number of benzene rings is 1. The van der Waals surface area contributed by atoms with Gasteiger partial charge in [-0.05, 0) is 43.9 Å². The quantitative estimate of drug-likeness (QED) is 0.814. The van der Waals surface area contributed by atoms with Crippen molar-refractivity contribution in [2.45, 2.75) is 39.7 Å². The second kappa shape index (κ2) is 5.89. The summed E-state index contributed by atoms with van der Waals surface area (Å²) >= 11 is 0. The van der Waals surface area contributed by atoms with Crippen molar-refractivity contribution in [2.24, 2.45) is 5.92 Å². The van der Waals surface area contributed by atoms with E-state index in [0.29, 0.717) is 5.92 Å². The number of methoxy groups -OCH3 is 1. The molecular weight excluding hydrogens is 226 g/mol. The Morgan fingerprint density at radius 2 is 1.83 bits per heavy atom. The summed E-state index contributed by atoms with van der Waals surface area (Å²) in [5, 5.41) is 3.17. The average Bonchev–Trinajstić information content (AvgIpc) is 2.29. The van der Waals surface area contributed by atoms with Gasteiger partial charge in [-0.15, -0.1) is 0 Å². The lowest BCUT2D eigenvalue weighted by Crippen LogP contribution is -2.41. The highest BCUT2D eigenvalue weighted by Crippen LogP contribution is 2.18. The van der Waals surface area contributed by atoms with Gasteiger partial charge in [0, 0.05) is 5.69 Å². The van der Waals surface area contributed by atoms with E-state index in [4.69, 9.17) is 4.74 Å². The van der Waals surface area contributed by atoms with Gasteiger partial charge in [-0.2, -0.15) is 0 Å². The molecule has 1 N–H and O–H groups in total. The Morgan fingerprint density at radius 1 is 1.28 bits per heavy atom. The maximum absolute atomic E-state index is 11.6. The smallest absolute Gasteiger partial charge is 0.330 e. The molecule has 0 unspecified atom stereocenters. The molecule has 1 rings (SSSR count). The Balaban J connectivity index is 2.72. The first-order valence-corrected chi connectivity index (χ1v) is 6.30. The van der Waals surface area contributed by atoms with E-state index in [1.807, 2.05) is 12.1 Å². The summed E-state index contributed by atoms with van der Waals surface area (Å²) in [6.45, 7) is 8.01. The third kappa shape index (κ3) is 4.06. The first kappa shape index (κ1) is 14.6. The normalized spacial score (nSPS) is 11.4. The van der Waals surface area contributed by atoms with E-state index in [2.05, 4.69) is 31.3 Å². The van der Waals surface area contributed by atoms with Gasteiger partial charge in [0.05, 0.1) is 7.11 Å². The van der Waals surface area contributed by atoms with Crippen LogP contribution in [0.2, 0.25) is 0 Å². The zero-order valence-electron chi connectivity index (χ0n) is 11.9. The molecule has 100 valence electrons. The van der Waals surface area contributed by atoms with Crippen LogP contribution in [-0.4, -0.2) is 18.6 Å². The zero-order valence-corrected chi connectivity index (χ0v) is 11.9. The van der Waals surface area contributed by atoms with Gasteiger partial charge in [-0.3, -0.25) is 0 Å². The first-order valence-electron chi connectivity index (χ1n) is 6.30. The van der Waals surface area contributed by atoms with Crippen LogP contribution in [0.4, 0.5) is 5.69 Å². The summed E-state index contributed by atoms with van der Waals surface area (Å²) in [6, 6.07) is 8.19. The number of carbonyl (C=O) groups excluding carboxylic acids is 1. The summed E-state index contributed by atoms with van der Waals surface area (Å²) in [4.78, 5) is 11.6. The SMILES string of the molecule is COC(=O)C(C)(C)Nc1ccc(CC(C)C)cc1. The number of hydrogen-bond acceptors (Lipinski definition) is 3. The first-order chi connectivity index (χ1) is 8.35. The van der Waals surface area contributed by atoms with Gasteiger partial charge in [0.15, 0.2) is 0 Å². The van der Waals surface area contributed by atoms with Gasteiger partial charge in [-0.1, -0.05) is 26.0 Å². The van der Waals surface area contributed by atoms with E-state index in [1.54, 1.807) is 13.8 Å². The van der Waals surface area contributed by atoms with Crippen molar-refractivity contribution in [3.8, 4) is 0 Å². The molecule has 0 heterocycles. The van der Waals surface area contributed by atoms with E-state index < -0.39 is 5.54 Å². The largest absolute Gasteiger partial charge is 0.467 e. The highest BCUT2D eigenvalue weighted by Gasteiger charge is 2.28. The number of rotatable bonds is 5. The van der Waals surface area contributed by atoms with Crippen LogP contribution >= 0.6 is 0 Å². The van der Waals surface area contributed by atoms with Gasteiger partial charge in [0.25, 0.3) is 0 Å². The van der Waals surface area contributed by atoms with Crippen molar-refractivity contribution in [1.82, 2.24) is 0 Å². The van der Waals surface area contributed by atoms with Crippen molar-refractivity contribution in [2.75, 3.05) is 12.4 Å². The number of carbonyl (C=O) groups is 1. The van der Waals surface area contributed by atoms with E-state index in [9.17, 15) is 4.79 Å². The van der Waals surface area contributed by atoms with Crippen molar-refractivity contribution < 1.29 is 9.53 Å². The minimum Gasteiger partial charge on any atom is -0.467 e. The zero-order chi connectivity index (χ0) is 13.8. The second-order valence-corrected chi connectivity index (χ2v) is 5.54. The molecule has 0 saturated heterocycles. The lowest BCUT2D eigenvalue weighted by Gasteiger charge is -2.24. The van der Waals surface area contributed by atoms with E-state index in [-0.39, 0.29) is 5.97 Å². The van der Waals surface area contributed by atoms with Crippen LogP contribution in [0, 0.1) is 5.92 Å². The molecule has 0 saturated carbocycles. The Labute approximate surface area is 110 Å². The van der Waals surface area contributed by atoms with Crippen LogP contribution < -0.4 is 5.32 Å². The van der Waals surface area contributed by atoms with Gasteiger partial charge in [0.1, 0.15) is 5.54 Å². The Bertz CT molecular complexity index is 393. The van der Waals surface area contributed by atoms with E-state index >= 15 is 0 Å². The molecule has 0 aliphatic rings. The number of ether oxygens (including phenoxy) is 1. The summed E-state index contributed by atoms with van der Waals surface area (Å²) in [5.74, 6) is 0.379. The van der Waals surface area contributed by atoms with Crippen LogP contribution in [0.15, 0.2) is 24.3 Å². The molecule has 1 aromatic carbocycles. The third-order valence-electron chi connectivity index (χ3n) is 2.75. The van der Waals surface area contributed by atoms with Crippen LogP contribution in [0.5, 0.6) is 0 Å². The number of esters is 1. The molecule has 0 bridgehead atoms. The lowest BCUT2D eigenvalue weighted by molar-refractivity contribution is -0.144. The molecule has 0 fully saturated rings. The fourth-order valence-corrected chi connectivity index (χ4v) is 1.86. The van der Waals surface area contributed by atoms with Gasteiger partial charge >= 0.3 is 5.97 Å². The molecule has 3 heteroatoms. The fraction of sp³-hybridized carbons (Fsp3) is 0.533. The molecule has 0 amide bonds. The number of nitrogens with one attached hydrogen (secondary N) is 1. The van der Waals surface area contributed by atoms with Crippen molar-refractivity contribution in [1.29, 1.82) is 0 Å². The van der Waals surface area contributed by atoms with Crippen LogP contribution in [0.1, 0.15) is 33.3 Å². The van der Waals surface area contributed by atoms with Crippen molar-refractivity contribution in [3.63, 3.8) is 0 Å². The summed E-state index contributed by atoms with van der Waals surface area (Å²) in [6.07, 6.45) is 1.07. The molecule has 18 heavy (non-hydrogen) atoms. The monoisotopic (exact) mass is 249 g/mol. The third-order valence-corrected chi connectivity index (χ3v) is 2.75. The van der Waals surface area contributed by atoms with Gasteiger partial charge in [0.2, 0.25) is 0 Å². The molecule has 0 aliphatic carbocycles. The van der Waals surface area contributed by atoms with Crippen LogP contribution in [0.25, 0.3) is 0 Å². The van der Waals surface area contributed by atoms with Crippen LogP contribution in [0.3, 0.4) is 0 Å². The molecule has 0 aliphatic heterocycles. The maximum Gasteiger partial charge on any atom is 0.330 e. The lowest BCUT2D eigenvalue weighted by atomic mass is 10.0. The molecule has 0 aromatic heterocycles. The van der Waals surface area contributed by atoms with Crippen LogP contribution in [-0.2, 0) is 16.0 Å². The Hall–Kier alpha value is -1.51. The van der Waals surface area contributed by atoms with Gasteiger partial charge < -0.3 is 10.1 Å².